The van der Waals surface area contributed by atoms with E-state index in [1.807, 2.05) is 27.7 Å². The third-order valence-electron chi connectivity index (χ3n) is 4.47. The molecule has 3 N–H and O–H groups in total. The number of hydrogen-bond donors (Lipinski definition) is 2. The van der Waals surface area contributed by atoms with Crippen LogP contribution < -0.4 is 10.5 Å². The van der Waals surface area contributed by atoms with Crippen molar-refractivity contribution in [3.8, 4) is 0 Å². The second-order valence-electron chi connectivity index (χ2n) is 7.31. The molecule has 1 aromatic rings. The summed E-state index contributed by atoms with van der Waals surface area (Å²) >= 11 is 0. The Morgan fingerprint density at radius 1 is 1.35 bits per heavy atom. The van der Waals surface area contributed by atoms with E-state index in [0.29, 0.717) is 6.54 Å². The van der Waals surface area contributed by atoms with Gasteiger partial charge in [-0.25, -0.2) is 13.6 Å². The molecular weight excluding hydrogens is 360 g/mol. The molecule has 10 heteroatoms. The number of non-ortho nitro benzene ring substituents is 1. The summed E-state index contributed by atoms with van der Waals surface area (Å²) in [5.41, 5.74) is -0.362. The maximum atomic E-state index is 11.8. The van der Waals surface area contributed by atoms with Crippen LogP contribution in [-0.2, 0) is 14.8 Å². The van der Waals surface area contributed by atoms with Crippen molar-refractivity contribution in [3.05, 3.63) is 28.3 Å². The Bertz CT molecular complexity index is 771. The van der Waals surface area contributed by atoms with E-state index in [4.69, 9.17) is 9.88 Å². The van der Waals surface area contributed by atoms with Crippen LogP contribution in [0.15, 0.2) is 23.1 Å². The Labute approximate surface area is 153 Å². The van der Waals surface area contributed by atoms with Crippen LogP contribution in [0.3, 0.4) is 0 Å². The van der Waals surface area contributed by atoms with Gasteiger partial charge < -0.3 is 10.1 Å². The SMILES string of the molecule is C[C@@H]1CN(C(C)(C)CNc2ccc([N+](=O)[O-])cc2S(N)(=O)=O)C[C@H](C)O1. The molecule has 2 atom stereocenters. The van der Waals surface area contributed by atoms with Crippen LogP contribution in [0, 0.1) is 10.1 Å². The first-order valence-electron chi connectivity index (χ1n) is 8.36. The largest absolute Gasteiger partial charge is 0.382 e. The molecule has 2 rings (SSSR count). The highest BCUT2D eigenvalue weighted by Gasteiger charge is 2.33. The van der Waals surface area contributed by atoms with E-state index in [0.717, 1.165) is 19.2 Å². The molecule has 9 nitrogen and oxygen atoms in total. The molecule has 146 valence electrons. The molecular formula is C16H26N4O5S. The van der Waals surface area contributed by atoms with Crippen LogP contribution in [0.4, 0.5) is 11.4 Å². The van der Waals surface area contributed by atoms with Gasteiger partial charge in [-0.05, 0) is 33.8 Å². The molecule has 1 heterocycles. The van der Waals surface area contributed by atoms with Crippen molar-refractivity contribution in [1.82, 2.24) is 4.90 Å². The molecule has 1 aliphatic heterocycles. The fraction of sp³-hybridized carbons (Fsp3) is 0.625. The maximum Gasteiger partial charge on any atom is 0.270 e. The molecule has 0 radical (unpaired) electrons. The van der Waals surface area contributed by atoms with E-state index < -0.39 is 14.9 Å². The molecule has 0 unspecified atom stereocenters. The summed E-state index contributed by atoms with van der Waals surface area (Å²) < 4.78 is 29.4. The zero-order valence-corrected chi connectivity index (χ0v) is 16.2. The molecule has 1 aromatic carbocycles. The van der Waals surface area contributed by atoms with Crippen LogP contribution in [0.25, 0.3) is 0 Å². The van der Waals surface area contributed by atoms with Gasteiger partial charge in [0.25, 0.3) is 5.69 Å². The summed E-state index contributed by atoms with van der Waals surface area (Å²) in [5, 5.41) is 19.2. The van der Waals surface area contributed by atoms with Crippen molar-refractivity contribution in [1.29, 1.82) is 0 Å². The summed E-state index contributed by atoms with van der Waals surface area (Å²) in [4.78, 5) is 12.2. The Morgan fingerprint density at radius 3 is 2.42 bits per heavy atom. The van der Waals surface area contributed by atoms with Crippen LogP contribution in [0.1, 0.15) is 27.7 Å². The van der Waals surface area contributed by atoms with Crippen LogP contribution in [0.2, 0.25) is 0 Å². The van der Waals surface area contributed by atoms with Crippen LogP contribution in [-0.4, -0.2) is 55.6 Å². The van der Waals surface area contributed by atoms with Gasteiger partial charge in [0.15, 0.2) is 0 Å². The van der Waals surface area contributed by atoms with E-state index in [1.54, 1.807) is 0 Å². The summed E-state index contributed by atoms with van der Waals surface area (Å²) in [6, 6.07) is 3.60. The number of nitro groups is 1. The first-order chi connectivity index (χ1) is 11.9. The summed E-state index contributed by atoms with van der Waals surface area (Å²) in [7, 11) is -4.10. The number of hydrogen-bond acceptors (Lipinski definition) is 7. The first kappa shape index (κ1) is 20.6. The smallest absolute Gasteiger partial charge is 0.270 e. The third kappa shape index (κ3) is 4.91. The second kappa shape index (κ2) is 7.47. The van der Waals surface area contributed by atoms with Gasteiger partial charge in [-0.3, -0.25) is 15.0 Å². The number of morpholine rings is 1. The van der Waals surface area contributed by atoms with Gasteiger partial charge in [0.2, 0.25) is 10.0 Å². The standard InChI is InChI=1S/C16H26N4O5S/c1-11-8-19(9-12(2)25-11)16(3,4)10-18-14-6-5-13(20(21)22)7-15(14)26(17,23)24/h5-7,11-12,18H,8-10H2,1-4H3,(H2,17,23,24)/t11-,12+. The van der Waals surface area contributed by atoms with Gasteiger partial charge in [-0.2, -0.15) is 0 Å². The quantitative estimate of drug-likeness (QED) is 0.560. The highest BCUT2D eigenvalue weighted by Crippen LogP contribution is 2.27. The number of nitro benzene ring substituents is 1. The predicted octanol–water partition coefficient (Wildman–Crippen LogP) is 1.54. The number of nitrogens with one attached hydrogen (secondary N) is 1. The molecule has 0 saturated carbocycles. The molecule has 0 amide bonds. The Kier molecular flexibility index (Phi) is 5.91. The highest BCUT2D eigenvalue weighted by atomic mass is 32.2. The maximum absolute atomic E-state index is 11.8. The highest BCUT2D eigenvalue weighted by molar-refractivity contribution is 7.89. The Morgan fingerprint density at radius 2 is 1.92 bits per heavy atom. The second-order valence-corrected chi connectivity index (χ2v) is 8.84. The van der Waals surface area contributed by atoms with Gasteiger partial charge in [-0.1, -0.05) is 0 Å². The number of primary sulfonamides is 1. The summed E-state index contributed by atoms with van der Waals surface area (Å²) in [6.45, 7) is 10.1. The third-order valence-corrected chi connectivity index (χ3v) is 5.42. The molecule has 1 fully saturated rings. The summed E-state index contributed by atoms with van der Waals surface area (Å²) in [5.74, 6) is 0. The van der Waals surface area contributed by atoms with Crippen molar-refractivity contribution in [2.24, 2.45) is 5.14 Å². The molecule has 0 aromatic heterocycles. The van der Waals surface area contributed by atoms with E-state index >= 15 is 0 Å². The number of nitrogens with two attached hydrogens (primary N) is 1. The number of benzene rings is 1. The molecule has 1 saturated heterocycles. The lowest BCUT2D eigenvalue weighted by atomic mass is 10.00. The number of rotatable bonds is 6. The Hall–Kier alpha value is -1.75. The van der Waals surface area contributed by atoms with Gasteiger partial charge in [0.05, 0.1) is 22.8 Å². The van der Waals surface area contributed by atoms with Gasteiger partial charge in [-0.15, -0.1) is 0 Å². The summed E-state index contributed by atoms with van der Waals surface area (Å²) in [6.07, 6.45) is 0.217. The monoisotopic (exact) mass is 386 g/mol. The Balaban J connectivity index is 2.21. The van der Waals surface area contributed by atoms with Gasteiger partial charge in [0, 0.05) is 37.3 Å². The average Bonchev–Trinajstić information content (AvgIpc) is 2.51. The zero-order valence-electron chi connectivity index (χ0n) is 15.4. The fourth-order valence-corrected chi connectivity index (χ4v) is 3.83. The fourth-order valence-electron chi connectivity index (χ4n) is 3.10. The molecule has 0 aliphatic carbocycles. The van der Waals surface area contributed by atoms with Crippen LogP contribution in [0.5, 0.6) is 0 Å². The lowest BCUT2D eigenvalue weighted by molar-refractivity contribution is -0.385. The van der Waals surface area contributed by atoms with E-state index in [1.165, 1.54) is 12.1 Å². The predicted molar refractivity (Wildman–Crippen MR) is 98.6 cm³/mol. The first-order valence-corrected chi connectivity index (χ1v) is 9.90. The molecule has 1 aliphatic rings. The van der Waals surface area contributed by atoms with E-state index in [9.17, 15) is 18.5 Å². The van der Waals surface area contributed by atoms with Gasteiger partial charge in [0.1, 0.15) is 4.90 Å². The van der Waals surface area contributed by atoms with E-state index in [-0.39, 0.29) is 34.0 Å². The topological polar surface area (TPSA) is 128 Å². The number of nitrogens with zero attached hydrogens (tertiary/aromatic N) is 2. The minimum atomic E-state index is -4.10. The zero-order chi connectivity index (χ0) is 19.7. The minimum Gasteiger partial charge on any atom is -0.382 e. The molecule has 26 heavy (non-hydrogen) atoms. The normalized spacial score (nSPS) is 22.2. The number of anilines is 1. The average molecular weight is 386 g/mol. The van der Waals surface area contributed by atoms with Crippen molar-refractivity contribution >= 4 is 21.4 Å². The molecule has 0 bridgehead atoms. The van der Waals surface area contributed by atoms with Crippen molar-refractivity contribution in [3.63, 3.8) is 0 Å². The lowest BCUT2D eigenvalue weighted by Crippen LogP contribution is -2.57. The minimum absolute atomic E-state index is 0.109. The van der Waals surface area contributed by atoms with Crippen molar-refractivity contribution < 1.29 is 18.1 Å². The lowest BCUT2D eigenvalue weighted by Gasteiger charge is -2.45. The molecule has 0 spiro atoms. The van der Waals surface area contributed by atoms with Crippen LogP contribution >= 0.6 is 0 Å². The van der Waals surface area contributed by atoms with E-state index in [2.05, 4.69) is 10.2 Å². The van der Waals surface area contributed by atoms with Crippen molar-refractivity contribution in [2.45, 2.75) is 50.3 Å². The number of ether oxygens (including phenoxy) is 1. The van der Waals surface area contributed by atoms with Crippen molar-refractivity contribution in [2.75, 3.05) is 25.0 Å². The van der Waals surface area contributed by atoms with Gasteiger partial charge >= 0.3 is 0 Å². The number of sulfonamides is 1.